The zero-order valence-corrected chi connectivity index (χ0v) is 11.2. The Balaban J connectivity index is 1.70. The van der Waals surface area contributed by atoms with Crippen molar-refractivity contribution in [2.45, 2.75) is 63.8 Å². The molecule has 0 bridgehead atoms. The molecular weight excluding hydrogens is 212 g/mol. The third kappa shape index (κ3) is 2.38. The van der Waals surface area contributed by atoms with Crippen molar-refractivity contribution in [3.8, 4) is 0 Å². The fraction of sp³-hybridized carbons (Fsp3) is 1.00. The molecule has 17 heavy (non-hydrogen) atoms. The van der Waals surface area contributed by atoms with Crippen LogP contribution < -0.4 is 5.32 Å². The fourth-order valence-corrected chi connectivity index (χ4v) is 3.60. The Morgan fingerprint density at radius 2 is 2.12 bits per heavy atom. The predicted molar refractivity (Wildman–Crippen MR) is 69.1 cm³/mol. The molecule has 0 aromatic carbocycles. The van der Waals surface area contributed by atoms with Crippen LogP contribution in [0.5, 0.6) is 0 Å². The summed E-state index contributed by atoms with van der Waals surface area (Å²) in [5, 5.41) is 3.61. The molecule has 1 aliphatic carbocycles. The molecular formula is C14H26N2O. The molecule has 3 nitrogen and oxygen atoms in total. The highest BCUT2D eigenvalue weighted by Gasteiger charge is 2.45. The zero-order chi connectivity index (χ0) is 11.8. The molecule has 0 amide bonds. The lowest BCUT2D eigenvalue weighted by Crippen LogP contribution is -2.60. The van der Waals surface area contributed by atoms with Gasteiger partial charge in [0.05, 0.1) is 6.10 Å². The number of hydrogen-bond donors (Lipinski definition) is 1. The molecule has 1 N–H and O–H groups in total. The Labute approximate surface area is 105 Å². The summed E-state index contributed by atoms with van der Waals surface area (Å²) < 4.78 is 6.01. The molecule has 3 aliphatic rings. The van der Waals surface area contributed by atoms with E-state index in [1.807, 2.05) is 0 Å². The van der Waals surface area contributed by atoms with E-state index in [4.69, 9.17) is 4.74 Å². The first-order valence-electron chi connectivity index (χ1n) is 7.40. The Kier molecular flexibility index (Phi) is 3.42. The normalized spacial score (nSPS) is 44.1. The van der Waals surface area contributed by atoms with Gasteiger partial charge in [-0.3, -0.25) is 4.90 Å². The Morgan fingerprint density at radius 1 is 1.29 bits per heavy atom. The highest BCUT2D eigenvalue weighted by molar-refractivity contribution is 4.98. The monoisotopic (exact) mass is 238 g/mol. The summed E-state index contributed by atoms with van der Waals surface area (Å²) in [6, 6.07) is 2.06. The molecule has 2 saturated heterocycles. The first-order valence-corrected chi connectivity index (χ1v) is 7.40. The van der Waals surface area contributed by atoms with Crippen LogP contribution in [-0.2, 0) is 4.74 Å². The van der Waals surface area contributed by atoms with Crippen LogP contribution in [0.15, 0.2) is 0 Å². The van der Waals surface area contributed by atoms with Gasteiger partial charge in [0, 0.05) is 37.8 Å². The quantitative estimate of drug-likeness (QED) is 0.809. The Hall–Kier alpha value is -0.120. The van der Waals surface area contributed by atoms with Gasteiger partial charge in [-0.05, 0) is 38.5 Å². The SMILES string of the molecule is CCC1CNC(C)CN1C1CCOC1C1CC1. The van der Waals surface area contributed by atoms with Crippen LogP contribution >= 0.6 is 0 Å². The van der Waals surface area contributed by atoms with Gasteiger partial charge in [-0.25, -0.2) is 0 Å². The third-order valence-electron chi connectivity index (χ3n) is 4.74. The lowest BCUT2D eigenvalue weighted by molar-refractivity contribution is 0.0127. The molecule has 0 radical (unpaired) electrons. The number of piperazine rings is 1. The number of nitrogens with zero attached hydrogens (tertiary/aromatic N) is 1. The molecule has 3 heteroatoms. The molecule has 4 atom stereocenters. The van der Waals surface area contributed by atoms with Crippen LogP contribution in [-0.4, -0.2) is 48.8 Å². The zero-order valence-electron chi connectivity index (χ0n) is 11.2. The molecule has 1 saturated carbocycles. The minimum absolute atomic E-state index is 0.550. The summed E-state index contributed by atoms with van der Waals surface area (Å²) in [6.07, 6.45) is 5.87. The number of rotatable bonds is 3. The number of ether oxygens (including phenoxy) is 1. The minimum Gasteiger partial charge on any atom is -0.376 e. The third-order valence-corrected chi connectivity index (χ3v) is 4.74. The standard InChI is InChI=1S/C14H26N2O/c1-3-12-8-15-10(2)9-16(12)13-6-7-17-14(13)11-4-5-11/h10-15H,3-9H2,1-2H3. The lowest BCUT2D eigenvalue weighted by Gasteiger charge is -2.44. The van der Waals surface area contributed by atoms with E-state index in [1.165, 1.54) is 32.2 Å². The van der Waals surface area contributed by atoms with Crippen molar-refractivity contribution < 1.29 is 4.74 Å². The van der Waals surface area contributed by atoms with Crippen molar-refractivity contribution >= 4 is 0 Å². The van der Waals surface area contributed by atoms with E-state index in [-0.39, 0.29) is 0 Å². The van der Waals surface area contributed by atoms with E-state index < -0.39 is 0 Å². The summed E-state index contributed by atoms with van der Waals surface area (Å²) in [5.41, 5.74) is 0. The maximum atomic E-state index is 6.01. The van der Waals surface area contributed by atoms with E-state index in [9.17, 15) is 0 Å². The Bertz CT molecular complexity index is 267. The maximum Gasteiger partial charge on any atom is 0.0759 e. The van der Waals surface area contributed by atoms with E-state index in [0.717, 1.165) is 25.1 Å². The second-order valence-corrected chi connectivity index (χ2v) is 6.10. The second-order valence-electron chi connectivity index (χ2n) is 6.10. The van der Waals surface area contributed by atoms with E-state index in [1.54, 1.807) is 0 Å². The lowest BCUT2D eigenvalue weighted by atomic mass is 9.98. The fourth-order valence-electron chi connectivity index (χ4n) is 3.60. The van der Waals surface area contributed by atoms with Gasteiger partial charge in [-0.2, -0.15) is 0 Å². The average Bonchev–Trinajstić information content (AvgIpc) is 3.07. The van der Waals surface area contributed by atoms with Crippen LogP contribution in [0.1, 0.15) is 39.5 Å². The molecule has 4 unspecified atom stereocenters. The highest BCUT2D eigenvalue weighted by atomic mass is 16.5. The van der Waals surface area contributed by atoms with Gasteiger partial charge in [0.15, 0.2) is 0 Å². The summed E-state index contributed by atoms with van der Waals surface area (Å²) in [6.45, 7) is 7.97. The average molecular weight is 238 g/mol. The van der Waals surface area contributed by atoms with Crippen molar-refractivity contribution in [2.24, 2.45) is 5.92 Å². The summed E-state index contributed by atoms with van der Waals surface area (Å²) in [5.74, 6) is 0.880. The summed E-state index contributed by atoms with van der Waals surface area (Å²) in [7, 11) is 0. The molecule has 98 valence electrons. The Morgan fingerprint density at radius 3 is 2.82 bits per heavy atom. The molecule has 0 spiro atoms. The molecule has 3 fully saturated rings. The van der Waals surface area contributed by atoms with Gasteiger partial charge in [0.1, 0.15) is 0 Å². The van der Waals surface area contributed by atoms with Crippen molar-refractivity contribution in [3.63, 3.8) is 0 Å². The molecule has 0 aromatic heterocycles. The first kappa shape index (κ1) is 11.9. The molecule has 2 heterocycles. The van der Waals surface area contributed by atoms with Crippen LogP contribution in [0.2, 0.25) is 0 Å². The van der Waals surface area contributed by atoms with Crippen LogP contribution in [0.4, 0.5) is 0 Å². The second kappa shape index (κ2) is 4.87. The number of hydrogen-bond acceptors (Lipinski definition) is 3. The minimum atomic E-state index is 0.550. The van der Waals surface area contributed by atoms with E-state index in [2.05, 4.69) is 24.1 Å². The molecule has 0 aromatic rings. The van der Waals surface area contributed by atoms with Crippen molar-refractivity contribution in [3.05, 3.63) is 0 Å². The van der Waals surface area contributed by atoms with Gasteiger partial charge in [-0.1, -0.05) is 6.92 Å². The topological polar surface area (TPSA) is 24.5 Å². The van der Waals surface area contributed by atoms with Gasteiger partial charge in [0.2, 0.25) is 0 Å². The van der Waals surface area contributed by atoms with Gasteiger partial charge in [-0.15, -0.1) is 0 Å². The molecule has 2 aliphatic heterocycles. The van der Waals surface area contributed by atoms with Gasteiger partial charge < -0.3 is 10.1 Å². The summed E-state index contributed by atoms with van der Waals surface area (Å²) >= 11 is 0. The summed E-state index contributed by atoms with van der Waals surface area (Å²) in [4.78, 5) is 2.76. The van der Waals surface area contributed by atoms with Crippen LogP contribution in [0.3, 0.4) is 0 Å². The van der Waals surface area contributed by atoms with Crippen LogP contribution in [0, 0.1) is 5.92 Å². The maximum absolute atomic E-state index is 6.01. The largest absolute Gasteiger partial charge is 0.376 e. The van der Waals surface area contributed by atoms with Crippen LogP contribution in [0.25, 0.3) is 0 Å². The van der Waals surface area contributed by atoms with Gasteiger partial charge in [0.25, 0.3) is 0 Å². The predicted octanol–water partition coefficient (Wildman–Crippen LogP) is 1.63. The van der Waals surface area contributed by atoms with E-state index in [0.29, 0.717) is 18.2 Å². The smallest absolute Gasteiger partial charge is 0.0759 e. The highest BCUT2D eigenvalue weighted by Crippen LogP contribution is 2.41. The first-order chi connectivity index (χ1) is 8.29. The van der Waals surface area contributed by atoms with Crippen molar-refractivity contribution in [1.29, 1.82) is 0 Å². The van der Waals surface area contributed by atoms with Crippen molar-refractivity contribution in [1.82, 2.24) is 10.2 Å². The number of nitrogens with one attached hydrogen (secondary N) is 1. The van der Waals surface area contributed by atoms with E-state index >= 15 is 0 Å². The van der Waals surface area contributed by atoms with Crippen molar-refractivity contribution in [2.75, 3.05) is 19.7 Å². The molecule has 3 rings (SSSR count). The van der Waals surface area contributed by atoms with Gasteiger partial charge >= 0.3 is 0 Å².